The van der Waals surface area contributed by atoms with Crippen molar-refractivity contribution in [2.45, 2.75) is 6.54 Å². The predicted molar refractivity (Wildman–Crippen MR) is 67.5 cm³/mol. The minimum atomic E-state index is -0.754. The average molecular weight is 284 g/mol. The van der Waals surface area contributed by atoms with Crippen LogP contribution in [0, 0.1) is 10.1 Å². The summed E-state index contributed by atoms with van der Waals surface area (Å²) >= 11 is 0. The molecular formula is C11H16N4O5. The number of nitrogens with zero attached hydrogens (tertiary/aromatic N) is 4. The number of carbonyl (C=O) groups excluding carboxylic acids is 1. The molecule has 0 bridgehead atoms. The minimum absolute atomic E-state index is 0.120. The Morgan fingerprint density at radius 3 is 2.80 bits per heavy atom. The third kappa shape index (κ3) is 3.11. The number of hydrogen-bond donors (Lipinski definition) is 0. The lowest BCUT2D eigenvalue weighted by Gasteiger charge is -2.26. The van der Waals surface area contributed by atoms with Crippen LogP contribution < -0.4 is 0 Å². The molecule has 1 aromatic rings. The molecule has 0 amide bonds. The van der Waals surface area contributed by atoms with Gasteiger partial charge in [0.25, 0.3) is 0 Å². The zero-order valence-corrected chi connectivity index (χ0v) is 11.2. The maximum Gasteiger partial charge on any atom is 0.363 e. The van der Waals surface area contributed by atoms with Crippen LogP contribution in [0.25, 0.3) is 0 Å². The second-order valence-corrected chi connectivity index (χ2v) is 4.30. The van der Waals surface area contributed by atoms with Crippen LogP contribution in [0.2, 0.25) is 0 Å². The van der Waals surface area contributed by atoms with Crippen molar-refractivity contribution in [2.75, 3.05) is 40.0 Å². The van der Waals surface area contributed by atoms with Crippen molar-refractivity contribution in [3.05, 3.63) is 22.0 Å². The number of ether oxygens (including phenoxy) is 2. The Morgan fingerprint density at radius 1 is 1.50 bits per heavy atom. The van der Waals surface area contributed by atoms with E-state index in [4.69, 9.17) is 4.74 Å². The summed E-state index contributed by atoms with van der Waals surface area (Å²) in [5.74, 6) is -0.754. The highest BCUT2D eigenvalue weighted by Crippen LogP contribution is 2.18. The number of esters is 1. The molecule has 0 radical (unpaired) electrons. The Bertz CT molecular complexity index is 495. The van der Waals surface area contributed by atoms with Crippen LogP contribution in [0.4, 0.5) is 5.69 Å². The van der Waals surface area contributed by atoms with Crippen molar-refractivity contribution in [3.8, 4) is 0 Å². The molecule has 0 aliphatic carbocycles. The van der Waals surface area contributed by atoms with Gasteiger partial charge in [-0.15, -0.1) is 0 Å². The molecule has 1 saturated heterocycles. The molecule has 0 saturated carbocycles. The maximum absolute atomic E-state index is 11.7. The van der Waals surface area contributed by atoms with Gasteiger partial charge in [-0.2, -0.15) is 5.10 Å². The Labute approximate surface area is 115 Å². The van der Waals surface area contributed by atoms with Gasteiger partial charge in [0.05, 0.1) is 31.8 Å². The Kier molecular flexibility index (Phi) is 4.64. The van der Waals surface area contributed by atoms with E-state index in [1.165, 1.54) is 11.8 Å². The first-order valence-electron chi connectivity index (χ1n) is 6.22. The highest BCUT2D eigenvalue weighted by Gasteiger charge is 2.27. The molecule has 2 heterocycles. The highest BCUT2D eigenvalue weighted by molar-refractivity contribution is 5.91. The van der Waals surface area contributed by atoms with E-state index in [0.717, 1.165) is 19.3 Å². The van der Waals surface area contributed by atoms with E-state index < -0.39 is 10.9 Å². The van der Waals surface area contributed by atoms with Gasteiger partial charge < -0.3 is 9.47 Å². The lowest BCUT2D eigenvalue weighted by Crippen LogP contribution is -2.38. The quantitative estimate of drug-likeness (QED) is 0.423. The van der Waals surface area contributed by atoms with Crippen LogP contribution >= 0.6 is 0 Å². The Hall–Kier alpha value is -2.00. The lowest BCUT2D eigenvalue weighted by molar-refractivity contribution is -0.385. The smallest absolute Gasteiger partial charge is 0.363 e. The second kappa shape index (κ2) is 6.44. The van der Waals surface area contributed by atoms with E-state index in [1.807, 2.05) is 0 Å². The summed E-state index contributed by atoms with van der Waals surface area (Å²) in [6, 6.07) is 0. The second-order valence-electron chi connectivity index (χ2n) is 4.30. The molecule has 110 valence electrons. The van der Waals surface area contributed by atoms with E-state index in [1.54, 1.807) is 0 Å². The molecule has 9 nitrogen and oxygen atoms in total. The monoisotopic (exact) mass is 284 g/mol. The Morgan fingerprint density at radius 2 is 2.20 bits per heavy atom. The van der Waals surface area contributed by atoms with Crippen molar-refractivity contribution in [3.63, 3.8) is 0 Å². The topological polar surface area (TPSA) is 99.7 Å². The van der Waals surface area contributed by atoms with Gasteiger partial charge in [-0.05, 0) is 0 Å². The molecule has 0 atom stereocenters. The summed E-state index contributed by atoms with van der Waals surface area (Å²) in [6.45, 7) is 3.98. The summed E-state index contributed by atoms with van der Waals surface area (Å²) in [4.78, 5) is 24.0. The first kappa shape index (κ1) is 14.4. The SMILES string of the molecule is COC(=O)c1c([N+](=O)[O-])cnn1CCN1CCOCC1. The van der Waals surface area contributed by atoms with Gasteiger partial charge in [0.2, 0.25) is 5.69 Å². The van der Waals surface area contributed by atoms with Crippen LogP contribution in [0.5, 0.6) is 0 Å². The number of methoxy groups -OCH3 is 1. The molecular weight excluding hydrogens is 268 g/mol. The number of nitro groups is 1. The van der Waals surface area contributed by atoms with Gasteiger partial charge in [-0.1, -0.05) is 0 Å². The average Bonchev–Trinajstić information content (AvgIpc) is 2.89. The van der Waals surface area contributed by atoms with E-state index in [9.17, 15) is 14.9 Å². The molecule has 0 aromatic carbocycles. The fourth-order valence-electron chi connectivity index (χ4n) is 2.05. The standard InChI is InChI=1S/C11H16N4O5/c1-19-11(16)10-9(15(17)18)8-12-14(10)3-2-13-4-6-20-7-5-13/h8H,2-7H2,1H3. The van der Waals surface area contributed by atoms with Crippen molar-refractivity contribution >= 4 is 11.7 Å². The van der Waals surface area contributed by atoms with Gasteiger partial charge in [-0.3, -0.25) is 19.7 Å². The number of hydrogen-bond acceptors (Lipinski definition) is 7. The number of carbonyl (C=O) groups is 1. The summed E-state index contributed by atoms with van der Waals surface area (Å²) in [5.41, 5.74) is -0.454. The van der Waals surface area contributed by atoms with Crippen molar-refractivity contribution in [1.29, 1.82) is 0 Å². The molecule has 1 aliphatic heterocycles. The fraction of sp³-hybridized carbons (Fsp3) is 0.636. The molecule has 1 aliphatic rings. The van der Waals surface area contributed by atoms with Crippen molar-refractivity contribution in [1.82, 2.24) is 14.7 Å². The lowest BCUT2D eigenvalue weighted by atomic mass is 10.3. The number of morpholine rings is 1. The van der Waals surface area contributed by atoms with Crippen LogP contribution in [0.15, 0.2) is 6.20 Å². The third-order valence-electron chi connectivity index (χ3n) is 3.13. The summed E-state index contributed by atoms with van der Waals surface area (Å²) in [5, 5.41) is 14.8. The van der Waals surface area contributed by atoms with E-state index >= 15 is 0 Å². The van der Waals surface area contributed by atoms with E-state index in [0.29, 0.717) is 26.3 Å². The van der Waals surface area contributed by atoms with E-state index in [2.05, 4.69) is 14.7 Å². The fourth-order valence-corrected chi connectivity index (χ4v) is 2.05. The van der Waals surface area contributed by atoms with Crippen LogP contribution in [-0.2, 0) is 16.0 Å². The molecule has 1 fully saturated rings. The van der Waals surface area contributed by atoms with Gasteiger partial charge in [0.1, 0.15) is 6.20 Å². The van der Waals surface area contributed by atoms with E-state index in [-0.39, 0.29) is 11.4 Å². The zero-order chi connectivity index (χ0) is 14.5. The van der Waals surface area contributed by atoms with Gasteiger partial charge in [-0.25, -0.2) is 4.79 Å². The van der Waals surface area contributed by atoms with Crippen molar-refractivity contribution in [2.24, 2.45) is 0 Å². The first-order valence-corrected chi connectivity index (χ1v) is 6.22. The first-order chi connectivity index (χ1) is 9.63. The summed E-state index contributed by atoms with van der Waals surface area (Å²) < 4.78 is 11.1. The Balaban J connectivity index is 2.10. The molecule has 0 unspecified atom stereocenters. The summed E-state index contributed by atoms with van der Waals surface area (Å²) in [6.07, 6.45) is 1.07. The maximum atomic E-state index is 11.7. The van der Waals surface area contributed by atoms with Crippen LogP contribution in [0.1, 0.15) is 10.5 Å². The number of aromatic nitrogens is 2. The highest BCUT2D eigenvalue weighted by atomic mass is 16.6. The molecule has 0 spiro atoms. The third-order valence-corrected chi connectivity index (χ3v) is 3.13. The number of rotatable bonds is 5. The van der Waals surface area contributed by atoms with Gasteiger partial charge in [0, 0.05) is 19.6 Å². The normalized spacial score (nSPS) is 16.1. The summed E-state index contributed by atoms with van der Waals surface area (Å²) in [7, 11) is 1.19. The van der Waals surface area contributed by atoms with Gasteiger partial charge >= 0.3 is 11.7 Å². The molecule has 2 rings (SSSR count). The van der Waals surface area contributed by atoms with Crippen LogP contribution in [0.3, 0.4) is 0 Å². The predicted octanol–water partition coefficient (Wildman–Crippen LogP) is -0.0899. The molecule has 0 N–H and O–H groups in total. The van der Waals surface area contributed by atoms with Gasteiger partial charge in [0.15, 0.2) is 0 Å². The largest absolute Gasteiger partial charge is 0.464 e. The molecule has 20 heavy (non-hydrogen) atoms. The molecule has 9 heteroatoms. The molecule has 1 aromatic heterocycles. The van der Waals surface area contributed by atoms with Crippen molar-refractivity contribution < 1.29 is 19.2 Å². The zero-order valence-electron chi connectivity index (χ0n) is 11.2. The minimum Gasteiger partial charge on any atom is -0.464 e. The van der Waals surface area contributed by atoms with Crippen LogP contribution in [-0.4, -0.2) is 65.5 Å².